The van der Waals surface area contributed by atoms with Crippen LogP contribution in [0.1, 0.15) is 17.9 Å². The molecule has 140 valence electrons. The monoisotopic (exact) mass is 373 g/mol. The van der Waals surface area contributed by atoms with E-state index >= 15 is 0 Å². The third-order valence-electron chi connectivity index (χ3n) is 4.59. The summed E-state index contributed by atoms with van der Waals surface area (Å²) in [6, 6.07) is 13.7. The maximum atomic E-state index is 5.82. The second kappa shape index (κ2) is 6.88. The fourth-order valence-electron chi connectivity index (χ4n) is 3.29. The number of para-hydroxylation sites is 2. The van der Waals surface area contributed by atoms with Gasteiger partial charge in [0.25, 0.3) is 0 Å². The molecule has 0 radical (unpaired) electrons. The van der Waals surface area contributed by atoms with Gasteiger partial charge in [-0.1, -0.05) is 12.1 Å². The van der Waals surface area contributed by atoms with Crippen molar-refractivity contribution < 1.29 is 13.9 Å². The zero-order chi connectivity index (χ0) is 18.9. The summed E-state index contributed by atoms with van der Waals surface area (Å²) in [7, 11) is 1.91. The van der Waals surface area contributed by atoms with Crippen LogP contribution < -0.4 is 9.47 Å². The Balaban J connectivity index is 1.49. The van der Waals surface area contributed by atoms with E-state index in [9.17, 15) is 0 Å². The van der Waals surface area contributed by atoms with Crippen LogP contribution in [0.3, 0.4) is 0 Å². The third-order valence-corrected chi connectivity index (χ3v) is 4.59. The Labute approximate surface area is 162 Å². The summed E-state index contributed by atoms with van der Waals surface area (Å²) in [5.74, 6) is 2.10. The lowest BCUT2D eigenvalue weighted by Crippen LogP contribution is -1.97. The van der Waals surface area contributed by atoms with Crippen LogP contribution >= 0.6 is 0 Å². The van der Waals surface area contributed by atoms with E-state index < -0.39 is 0 Å². The number of hydrogen-bond donors (Lipinski definition) is 0. The molecule has 0 unspecified atom stereocenters. The zero-order valence-electron chi connectivity index (χ0n) is 15.5. The van der Waals surface area contributed by atoms with Crippen molar-refractivity contribution in [3.8, 4) is 22.8 Å². The van der Waals surface area contributed by atoms with Gasteiger partial charge in [-0.05, 0) is 36.4 Å². The quantitative estimate of drug-likeness (QED) is 0.527. The van der Waals surface area contributed by atoms with E-state index in [1.165, 1.54) is 0 Å². The number of fused-ring (bicyclic) bond motifs is 2. The van der Waals surface area contributed by atoms with E-state index in [0.29, 0.717) is 19.1 Å². The Morgan fingerprint density at radius 2 is 1.86 bits per heavy atom. The van der Waals surface area contributed by atoms with Gasteiger partial charge in [-0.3, -0.25) is 4.68 Å². The van der Waals surface area contributed by atoms with Crippen molar-refractivity contribution in [1.29, 1.82) is 0 Å². The summed E-state index contributed by atoms with van der Waals surface area (Å²) in [5, 5.41) is 4.63. The first-order chi connectivity index (χ1) is 13.8. The normalized spacial score (nSPS) is 13.9. The molecule has 0 atom stereocenters. The van der Waals surface area contributed by atoms with E-state index in [4.69, 9.17) is 13.9 Å². The van der Waals surface area contributed by atoms with Gasteiger partial charge in [0.2, 0.25) is 5.89 Å². The molecule has 1 aliphatic rings. The summed E-state index contributed by atoms with van der Waals surface area (Å²) in [5.41, 5.74) is 4.43. The first kappa shape index (κ1) is 16.6. The number of benzene rings is 2. The molecule has 6 nitrogen and oxygen atoms in total. The highest BCUT2D eigenvalue weighted by Gasteiger charge is 2.15. The maximum Gasteiger partial charge on any atom is 0.220 e. The van der Waals surface area contributed by atoms with Gasteiger partial charge < -0.3 is 13.9 Å². The molecule has 2 aromatic heterocycles. The van der Waals surface area contributed by atoms with E-state index in [1.54, 1.807) is 4.68 Å². The Morgan fingerprint density at radius 1 is 1.00 bits per heavy atom. The number of ether oxygens (including phenoxy) is 2. The molecule has 0 N–H and O–H groups in total. The average molecular weight is 373 g/mol. The van der Waals surface area contributed by atoms with Gasteiger partial charge >= 0.3 is 0 Å². The Hall–Kier alpha value is -3.54. The average Bonchev–Trinajstić information content (AvgIpc) is 3.21. The largest absolute Gasteiger partial charge is 0.490 e. The maximum absolute atomic E-state index is 5.82. The predicted molar refractivity (Wildman–Crippen MR) is 107 cm³/mol. The standard InChI is InChI=1S/C22H19N3O3/c1-25-14-16(8-10-21-23-17-5-2-3-6-18(17)28-21)22(24-25)15-7-9-19-20(13-15)27-12-4-11-26-19/h2-3,5-10,13-14H,4,11-12H2,1H3. The van der Waals surface area contributed by atoms with E-state index in [1.807, 2.05) is 67.9 Å². The van der Waals surface area contributed by atoms with E-state index in [2.05, 4.69) is 10.1 Å². The van der Waals surface area contributed by atoms with Crippen molar-refractivity contribution in [1.82, 2.24) is 14.8 Å². The summed E-state index contributed by atoms with van der Waals surface area (Å²) in [6.45, 7) is 1.33. The van der Waals surface area contributed by atoms with Crippen LogP contribution in [0.4, 0.5) is 0 Å². The minimum absolute atomic E-state index is 0.565. The molecular weight excluding hydrogens is 354 g/mol. The Bertz CT molecular complexity index is 1140. The highest BCUT2D eigenvalue weighted by Crippen LogP contribution is 2.35. The molecule has 0 bridgehead atoms. The van der Waals surface area contributed by atoms with Gasteiger partial charge in [-0.15, -0.1) is 0 Å². The van der Waals surface area contributed by atoms with Gasteiger partial charge in [0.05, 0.1) is 18.9 Å². The van der Waals surface area contributed by atoms with E-state index in [0.717, 1.165) is 45.8 Å². The van der Waals surface area contributed by atoms with Crippen LogP contribution in [0.5, 0.6) is 11.5 Å². The molecule has 0 fully saturated rings. The fraction of sp³-hybridized carbons (Fsp3) is 0.182. The summed E-state index contributed by atoms with van der Waals surface area (Å²) < 4.78 is 19.1. The fourth-order valence-corrected chi connectivity index (χ4v) is 3.29. The van der Waals surface area contributed by atoms with Crippen molar-refractivity contribution >= 4 is 23.3 Å². The summed E-state index contributed by atoms with van der Waals surface area (Å²) in [4.78, 5) is 4.49. The molecule has 0 saturated heterocycles. The second-order valence-electron chi connectivity index (χ2n) is 6.67. The van der Waals surface area contributed by atoms with Gasteiger partial charge in [0.15, 0.2) is 17.1 Å². The van der Waals surface area contributed by atoms with Crippen LogP contribution in [0, 0.1) is 0 Å². The van der Waals surface area contributed by atoms with Crippen molar-refractivity contribution in [3.63, 3.8) is 0 Å². The van der Waals surface area contributed by atoms with Crippen LogP contribution in [0.25, 0.3) is 34.5 Å². The lowest BCUT2D eigenvalue weighted by Gasteiger charge is -2.08. The second-order valence-corrected chi connectivity index (χ2v) is 6.67. The van der Waals surface area contributed by atoms with Crippen molar-refractivity contribution in [2.75, 3.05) is 13.2 Å². The highest BCUT2D eigenvalue weighted by atomic mass is 16.5. The molecule has 2 aromatic carbocycles. The van der Waals surface area contributed by atoms with E-state index in [-0.39, 0.29) is 0 Å². The SMILES string of the molecule is Cn1cc(C=Cc2nc3ccccc3o2)c(-c2ccc3c(c2)OCCCO3)n1. The van der Waals surface area contributed by atoms with Crippen LogP contribution in [0.2, 0.25) is 0 Å². The van der Waals surface area contributed by atoms with Crippen LogP contribution in [-0.4, -0.2) is 28.0 Å². The molecule has 0 aliphatic carbocycles. The predicted octanol–water partition coefficient (Wildman–Crippen LogP) is 4.56. The molecule has 0 amide bonds. The van der Waals surface area contributed by atoms with Crippen molar-refractivity contribution in [2.24, 2.45) is 7.05 Å². The molecule has 0 saturated carbocycles. The number of hydrogen-bond acceptors (Lipinski definition) is 5. The topological polar surface area (TPSA) is 62.3 Å². The Kier molecular flexibility index (Phi) is 4.09. The number of rotatable bonds is 3. The molecule has 1 aliphatic heterocycles. The molecule has 4 aromatic rings. The van der Waals surface area contributed by atoms with Gasteiger partial charge in [-0.2, -0.15) is 5.10 Å². The number of nitrogens with zero attached hydrogens (tertiary/aromatic N) is 3. The first-order valence-electron chi connectivity index (χ1n) is 9.23. The van der Waals surface area contributed by atoms with Crippen LogP contribution in [-0.2, 0) is 7.05 Å². The molecule has 3 heterocycles. The lowest BCUT2D eigenvalue weighted by atomic mass is 10.1. The van der Waals surface area contributed by atoms with Gasteiger partial charge in [0, 0.05) is 36.9 Å². The minimum Gasteiger partial charge on any atom is -0.490 e. The van der Waals surface area contributed by atoms with Crippen molar-refractivity contribution in [2.45, 2.75) is 6.42 Å². The molecular formula is C22H19N3O3. The number of aryl methyl sites for hydroxylation is 1. The highest BCUT2D eigenvalue weighted by molar-refractivity contribution is 5.80. The summed E-state index contributed by atoms with van der Waals surface area (Å²) >= 11 is 0. The number of oxazole rings is 1. The van der Waals surface area contributed by atoms with Crippen LogP contribution in [0.15, 0.2) is 53.1 Å². The Morgan fingerprint density at radius 3 is 2.75 bits per heavy atom. The molecule has 5 rings (SSSR count). The molecule has 6 heteroatoms. The molecule has 0 spiro atoms. The first-order valence-corrected chi connectivity index (χ1v) is 9.23. The number of aromatic nitrogens is 3. The molecule has 28 heavy (non-hydrogen) atoms. The van der Waals surface area contributed by atoms with Gasteiger partial charge in [0.1, 0.15) is 5.52 Å². The van der Waals surface area contributed by atoms with Gasteiger partial charge in [-0.25, -0.2) is 4.98 Å². The zero-order valence-corrected chi connectivity index (χ0v) is 15.5. The van der Waals surface area contributed by atoms with Crippen molar-refractivity contribution in [3.05, 3.63) is 60.1 Å². The lowest BCUT2D eigenvalue weighted by molar-refractivity contribution is 0.297. The summed E-state index contributed by atoms with van der Waals surface area (Å²) in [6.07, 6.45) is 6.68. The third kappa shape index (κ3) is 3.13. The smallest absolute Gasteiger partial charge is 0.220 e. The minimum atomic E-state index is 0.565.